The predicted octanol–water partition coefficient (Wildman–Crippen LogP) is 4.92. The van der Waals surface area contributed by atoms with Crippen LogP contribution in [0.4, 0.5) is 11.4 Å². The van der Waals surface area contributed by atoms with E-state index < -0.39 is 0 Å². The lowest BCUT2D eigenvalue weighted by molar-refractivity contribution is -0.115. The van der Waals surface area contributed by atoms with E-state index in [9.17, 15) is 9.59 Å². The van der Waals surface area contributed by atoms with Crippen LogP contribution in [-0.4, -0.2) is 18.4 Å². The molecule has 0 aliphatic rings. The number of hydrogen-bond acceptors (Lipinski definition) is 3. The van der Waals surface area contributed by atoms with Crippen molar-refractivity contribution in [2.75, 3.05) is 17.2 Å². The van der Waals surface area contributed by atoms with E-state index in [1.165, 1.54) is 0 Å². The van der Waals surface area contributed by atoms with Crippen LogP contribution in [0.3, 0.4) is 0 Å². The molecule has 0 aliphatic carbocycles. The summed E-state index contributed by atoms with van der Waals surface area (Å²) in [5.41, 5.74) is 2.62. The van der Waals surface area contributed by atoms with Crippen molar-refractivity contribution in [1.82, 2.24) is 0 Å². The van der Waals surface area contributed by atoms with E-state index >= 15 is 0 Å². The van der Waals surface area contributed by atoms with Crippen LogP contribution in [-0.2, 0) is 4.79 Å². The fourth-order valence-electron chi connectivity index (χ4n) is 2.25. The Labute approximate surface area is 161 Å². The molecule has 0 unspecified atom stereocenters. The number of nitrogens with one attached hydrogen (secondary N) is 2. The molecule has 0 heterocycles. The summed E-state index contributed by atoms with van der Waals surface area (Å²) in [5, 5.41) is 5.71. The number of amides is 2. The first-order valence-corrected chi connectivity index (χ1v) is 8.99. The molecule has 2 aromatic rings. The summed E-state index contributed by atoms with van der Waals surface area (Å²) < 4.78 is 6.17. The van der Waals surface area contributed by atoms with E-state index in [1.54, 1.807) is 49.4 Å². The highest BCUT2D eigenvalue weighted by Crippen LogP contribution is 2.28. The van der Waals surface area contributed by atoms with Crippen LogP contribution in [0.25, 0.3) is 0 Å². The lowest BCUT2D eigenvalue weighted by atomic mass is 10.1. The first-order chi connectivity index (χ1) is 12.5. The average molecular weight is 417 g/mol. The van der Waals surface area contributed by atoms with E-state index in [2.05, 4.69) is 33.1 Å². The molecule has 0 saturated carbocycles. The molecule has 0 aromatic heterocycles. The fourth-order valence-corrected chi connectivity index (χ4v) is 2.74. The van der Waals surface area contributed by atoms with Crippen molar-refractivity contribution in [3.63, 3.8) is 0 Å². The van der Waals surface area contributed by atoms with Gasteiger partial charge in [-0.2, -0.15) is 0 Å². The summed E-state index contributed by atoms with van der Waals surface area (Å²) in [5.74, 6) is 0.320. The lowest BCUT2D eigenvalue weighted by Gasteiger charge is -2.14. The van der Waals surface area contributed by atoms with Crippen LogP contribution in [0.1, 0.15) is 29.3 Å². The molecule has 26 heavy (non-hydrogen) atoms. The van der Waals surface area contributed by atoms with E-state index in [4.69, 9.17) is 4.74 Å². The van der Waals surface area contributed by atoms with Crippen molar-refractivity contribution >= 4 is 39.1 Å². The molecule has 2 rings (SSSR count). The lowest BCUT2D eigenvalue weighted by Crippen LogP contribution is -2.15. The summed E-state index contributed by atoms with van der Waals surface area (Å²) in [4.78, 5) is 24.2. The zero-order valence-electron chi connectivity index (χ0n) is 14.8. The molecule has 2 amide bonds. The number of hydrogen-bond donors (Lipinski definition) is 2. The Morgan fingerprint density at radius 1 is 1.19 bits per heavy atom. The number of rotatable bonds is 7. The maximum Gasteiger partial charge on any atom is 0.255 e. The van der Waals surface area contributed by atoms with Crippen molar-refractivity contribution in [2.24, 2.45) is 0 Å². The van der Waals surface area contributed by atoms with Gasteiger partial charge >= 0.3 is 0 Å². The Morgan fingerprint density at radius 2 is 1.88 bits per heavy atom. The number of anilines is 2. The van der Waals surface area contributed by atoms with Crippen LogP contribution in [0, 0.1) is 6.92 Å². The Balaban J connectivity index is 2.17. The summed E-state index contributed by atoms with van der Waals surface area (Å²) in [6, 6.07) is 10.5. The maximum absolute atomic E-state index is 12.6. The van der Waals surface area contributed by atoms with Crippen LogP contribution in [0.15, 0.2) is 53.5 Å². The summed E-state index contributed by atoms with van der Waals surface area (Å²) in [6.07, 6.45) is 2.05. The second-order valence-corrected chi connectivity index (χ2v) is 6.43. The SMILES string of the molecule is C=CCOc1ccc(C(=O)Nc2cccc(NC(=O)CC)c2C)cc1Br. The minimum Gasteiger partial charge on any atom is -0.488 e. The van der Waals surface area contributed by atoms with Gasteiger partial charge in [-0.05, 0) is 58.7 Å². The summed E-state index contributed by atoms with van der Waals surface area (Å²) in [6.45, 7) is 7.63. The van der Waals surface area contributed by atoms with Gasteiger partial charge in [0.1, 0.15) is 12.4 Å². The van der Waals surface area contributed by atoms with Gasteiger partial charge in [0.25, 0.3) is 5.91 Å². The Bertz CT molecular complexity index is 834. The third-order valence-corrected chi connectivity index (χ3v) is 4.35. The third kappa shape index (κ3) is 4.95. The highest BCUT2D eigenvalue weighted by molar-refractivity contribution is 9.10. The molecule has 0 fully saturated rings. The van der Waals surface area contributed by atoms with Crippen molar-refractivity contribution in [3.05, 3.63) is 64.7 Å². The van der Waals surface area contributed by atoms with Gasteiger partial charge in [0.15, 0.2) is 0 Å². The zero-order valence-corrected chi connectivity index (χ0v) is 16.4. The summed E-state index contributed by atoms with van der Waals surface area (Å²) >= 11 is 3.41. The maximum atomic E-state index is 12.6. The van der Waals surface area contributed by atoms with E-state index in [-0.39, 0.29) is 11.8 Å². The van der Waals surface area contributed by atoms with E-state index in [0.29, 0.717) is 40.2 Å². The monoisotopic (exact) mass is 416 g/mol. The zero-order chi connectivity index (χ0) is 19.1. The molecule has 136 valence electrons. The molecular weight excluding hydrogens is 396 g/mol. The smallest absolute Gasteiger partial charge is 0.255 e. The van der Waals surface area contributed by atoms with Crippen molar-refractivity contribution in [3.8, 4) is 5.75 Å². The van der Waals surface area contributed by atoms with Crippen molar-refractivity contribution in [2.45, 2.75) is 20.3 Å². The van der Waals surface area contributed by atoms with E-state index in [1.807, 2.05) is 6.92 Å². The van der Waals surface area contributed by atoms with Crippen molar-refractivity contribution < 1.29 is 14.3 Å². The first kappa shape index (κ1) is 19.7. The molecule has 2 aromatic carbocycles. The normalized spacial score (nSPS) is 10.1. The second-order valence-electron chi connectivity index (χ2n) is 5.58. The predicted molar refractivity (Wildman–Crippen MR) is 108 cm³/mol. The highest BCUT2D eigenvalue weighted by atomic mass is 79.9. The van der Waals surface area contributed by atoms with Gasteiger partial charge in [-0.25, -0.2) is 0 Å². The van der Waals surface area contributed by atoms with Crippen LogP contribution in [0.2, 0.25) is 0 Å². The number of halogens is 1. The number of carbonyl (C=O) groups excluding carboxylic acids is 2. The Hall–Kier alpha value is -2.60. The number of benzene rings is 2. The van der Waals surface area contributed by atoms with Gasteiger partial charge in [-0.3, -0.25) is 9.59 Å². The van der Waals surface area contributed by atoms with Gasteiger partial charge < -0.3 is 15.4 Å². The fraction of sp³-hybridized carbons (Fsp3) is 0.200. The Kier molecular flexibility index (Phi) is 6.97. The van der Waals surface area contributed by atoms with Gasteiger partial charge in [0, 0.05) is 23.4 Å². The molecule has 0 radical (unpaired) electrons. The molecule has 0 spiro atoms. The van der Waals surface area contributed by atoms with E-state index in [0.717, 1.165) is 5.56 Å². The average Bonchev–Trinajstić information content (AvgIpc) is 2.63. The molecular formula is C20H21BrN2O3. The Morgan fingerprint density at radius 3 is 2.50 bits per heavy atom. The topological polar surface area (TPSA) is 67.4 Å². The van der Waals surface area contributed by atoms with Crippen molar-refractivity contribution in [1.29, 1.82) is 0 Å². The van der Waals surface area contributed by atoms with Gasteiger partial charge in [-0.15, -0.1) is 0 Å². The standard InChI is InChI=1S/C20H21BrN2O3/c1-4-11-26-18-10-9-14(12-15(18)21)20(25)23-17-8-6-7-16(13(17)3)22-19(24)5-2/h4,6-10,12H,1,5,11H2,2-3H3,(H,22,24)(H,23,25). The summed E-state index contributed by atoms with van der Waals surface area (Å²) in [7, 11) is 0. The van der Waals surface area contributed by atoms with Crippen LogP contribution in [0.5, 0.6) is 5.75 Å². The molecule has 0 saturated heterocycles. The minimum atomic E-state index is -0.247. The van der Waals surface area contributed by atoms with Gasteiger partial charge in [0.2, 0.25) is 5.91 Å². The molecule has 6 heteroatoms. The molecule has 5 nitrogen and oxygen atoms in total. The number of carbonyl (C=O) groups is 2. The molecule has 0 atom stereocenters. The largest absolute Gasteiger partial charge is 0.488 e. The van der Waals surface area contributed by atoms with Crippen LogP contribution >= 0.6 is 15.9 Å². The third-order valence-electron chi connectivity index (χ3n) is 3.73. The second kappa shape index (κ2) is 9.20. The van der Waals surface area contributed by atoms with Gasteiger partial charge in [0.05, 0.1) is 4.47 Å². The van der Waals surface area contributed by atoms with Gasteiger partial charge in [-0.1, -0.05) is 25.6 Å². The minimum absolute atomic E-state index is 0.0735. The first-order valence-electron chi connectivity index (χ1n) is 8.20. The quantitative estimate of drug-likeness (QED) is 0.629. The molecule has 0 aliphatic heterocycles. The number of ether oxygens (including phenoxy) is 1. The molecule has 2 N–H and O–H groups in total. The highest BCUT2D eigenvalue weighted by Gasteiger charge is 2.12. The molecule has 0 bridgehead atoms. The van der Waals surface area contributed by atoms with Crippen LogP contribution < -0.4 is 15.4 Å².